The molecule has 2 atom stereocenters. The molecule has 1 aromatic rings. The summed E-state index contributed by atoms with van der Waals surface area (Å²) in [6, 6.07) is 7.15. The first-order valence-electron chi connectivity index (χ1n) is 4.94. The van der Waals surface area contributed by atoms with Crippen LogP contribution in [0.4, 0.5) is 4.39 Å². The van der Waals surface area contributed by atoms with E-state index < -0.39 is 0 Å². The zero-order valence-corrected chi connectivity index (χ0v) is 8.77. The van der Waals surface area contributed by atoms with Crippen LogP contribution in [0.1, 0.15) is 19.3 Å². The van der Waals surface area contributed by atoms with E-state index in [1.54, 1.807) is 17.8 Å². The van der Waals surface area contributed by atoms with Crippen molar-refractivity contribution < 1.29 is 4.39 Å². The van der Waals surface area contributed by atoms with E-state index in [-0.39, 0.29) is 11.9 Å². The second kappa shape index (κ2) is 4.32. The normalized spacial score (nSPS) is 26.7. The molecule has 2 unspecified atom stereocenters. The third-order valence-electron chi connectivity index (χ3n) is 2.62. The van der Waals surface area contributed by atoms with Crippen molar-refractivity contribution in [3.05, 3.63) is 30.1 Å². The van der Waals surface area contributed by atoms with Crippen molar-refractivity contribution in [3.63, 3.8) is 0 Å². The fourth-order valence-corrected chi connectivity index (χ4v) is 3.06. The number of halogens is 1. The minimum absolute atomic E-state index is 0.128. The maximum atomic E-state index is 13.3. The van der Waals surface area contributed by atoms with Crippen molar-refractivity contribution in [2.75, 3.05) is 0 Å². The van der Waals surface area contributed by atoms with Crippen LogP contribution >= 0.6 is 11.8 Å². The fraction of sp³-hybridized carbons (Fsp3) is 0.455. The molecule has 1 nitrogen and oxygen atoms in total. The highest BCUT2D eigenvalue weighted by atomic mass is 32.2. The van der Waals surface area contributed by atoms with Gasteiger partial charge in [-0.25, -0.2) is 4.39 Å². The van der Waals surface area contributed by atoms with Gasteiger partial charge in [-0.05, 0) is 25.0 Å². The zero-order chi connectivity index (χ0) is 9.97. The molecule has 0 heterocycles. The maximum Gasteiger partial charge on any atom is 0.136 e. The molecule has 1 aliphatic carbocycles. The standard InChI is InChI=1S/C11H14FNS/c12-8-4-1-2-6-10(8)14-11-7-3-5-9(11)13/h1-2,4,6,9,11H,3,5,7,13H2. The number of rotatable bonds is 2. The summed E-state index contributed by atoms with van der Waals surface area (Å²) in [5, 5.41) is 0.395. The fourth-order valence-electron chi connectivity index (χ4n) is 1.80. The molecule has 0 amide bonds. The van der Waals surface area contributed by atoms with Gasteiger partial charge in [-0.3, -0.25) is 0 Å². The lowest BCUT2D eigenvalue weighted by Crippen LogP contribution is -2.26. The van der Waals surface area contributed by atoms with E-state index in [0.717, 1.165) is 17.7 Å². The average Bonchev–Trinajstić information content (AvgIpc) is 2.56. The van der Waals surface area contributed by atoms with Crippen LogP contribution in [0, 0.1) is 5.82 Å². The molecule has 1 aliphatic rings. The number of hydrogen-bond acceptors (Lipinski definition) is 2. The molecule has 0 aliphatic heterocycles. The second-order valence-corrected chi connectivity index (χ2v) is 4.96. The van der Waals surface area contributed by atoms with Crippen LogP contribution in [-0.4, -0.2) is 11.3 Å². The molecular formula is C11H14FNS. The van der Waals surface area contributed by atoms with E-state index in [4.69, 9.17) is 5.73 Å². The van der Waals surface area contributed by atoms with Gasteiger partial charge in [-0.15, -0.1) is 11.8 Å². The molecule has 0 spiro atoms. The van der Waals surface area contributed by atoms with Crippen LogP contribution in [0.25, 0.3) is 0 Å². The molecule has 1 saturated carbocycles. The Kier molecular flexibility index (Phi) is 3.08. The summed E-state index contributed by atoms with van der Waals surface area (Å²) in [6.45, 7) is 0. The van der Waals surface area contributed by atoms with Gasteiger partial charge in [-0.2, -0.15) is 0 Å². The van der Waals surface area contributed by atoms with E-state index in [2.05, 4.69) is 0 Å². The zero-order valence-electron chi connectivity index (χ0n) is 7.95. The Hall–Kier alpha value is -0.540. The van der Waals surface area contributed by atoms with Crippen molar-refractivity contribution in [1.29, 1.82) is 0 Å². The van der Waals surface area contributed by atoms with Gasteiger partial charge >= 0.3 is 0 Å². The predicted molar refractivity (Wildman–Crippen MR) is 57.9 cm³/mol. The SMILES string of the molecule is NC1CCCC1Sc1ccccc1F. The van der Waals surface area contributed by atoms with Gasteiger partial charge in [-0.1, -0.05) is 18.6 Å². The Morgan fingerprint density at radius 1 is 1.29 bits per heavy atom. The van der Waals surface area contributed by atoms with Crippen molar-refractivity contribution >= 4 is 11.8 Å². The van der Waals surface area contributed by atoms with Crippen molar-refractivity contribution in [3.8, 4) is 0 Å². The Bertz CT molecular complexity index is 316. The molecule has 2 N–H and O–H groups in total. The molecule has 2 rings (SSSR count). The van der Waals surface area contributed by atoms with Gasteiger partial charge < -0.3 is 5.73 Å². The van der Waals surface area contributed by atoms with Crippen LogP contribution in [0.2, 0.25) is 0 Å². The Morgan fingerprint density at radius 3 is 2.71 bits per heavy atom. The Morgan fingerprint density at radius 2 is 2.07 bits per heavy atom. The largest absolute Gasteiger partial charge is 0.327 e. The Balaban J connectivity index is 2.07. The number of nitrogens with two attached hydrogens (primary N) is 1. The lowest BCUT2D eigenvalue weighted by atomic mass is 10.3. The van der Waals surface area contributed by atoms with E-state index >= 15 is 0 Å². The highest BCUT2D eigenvalue weighted by molar-refractivity contribution is 8.00. The van der Waals surface area contributed by atoms with Gasteiger partial charge in [0.05, 0.1) is 0 Å². The summed E-state index contributed by atoms with van der Waals surface area (Å²) in [6.07, 6.45) is 3.36. The quantitative estimate of drug-likeness (QED) is 0.814. The van der Waals surface area contributed by atoms with Gasteiger partial charge in [0.15, 0.2) is 0 Å². The highest BCUT2D eigenvalue weighted by Crippen LogP contribution is 2.35. The topological polar surface area (TPSA) is 26.0 Å². The van der Waals surface area contributed by atoms with E-state index in [1.165, 1.54) is 12.5 Å². The molecule has 0 radical (unpaired) electrons. The van der Waals surface area contributed by atoms with Crippen molar-refractivity contribution in [2.24, 2.45) is 5.73 Å². The van der Waals surface area contributed by atoms with Crippen LogP contribution in [-0.2, 0) is 0 Å². The molecule has 1 aromatic carbocycles. The van der Waals surface area contributed by atoms with Crippen molar-refractivity contribution in [1.82, 2.24) is 0 Å². The molecule has 1 fully saturated rings. The molecular weight excluding hydrogens is 197 g/mol. The van der Waals surface area contributed by atoms with Crippen LogP contribution in [0.5, 0.6) is 0 Å². The lowest BCUT2D eigenvalue weighted by molar-refractivity contribution is 0.600. The molecule has 76 valence electrons. The van der Waals surface area contributed by atoms with E-state index in [0.29, 0.717) is 5.25 Å². The molecule has 3 heteroatoms. The van der Waals surface area contributed by atoms with Crippen LogP contribution in [0.3, 0.4) is 0 Å². The van der Waals surface area contributed by atoms with Gasteiger partial charge in [0.1, 0.15) is 5.82 Å². The minimum atomic E-state index is -0.128. The predicted octanol–water partition coefficient (Wildman–Crippen LogP) is 2.80. The van der Waals surface area contributed by atoms with Crippen LogP contribution in [0.15, 0.2) is 29.2 Å². The number of hydrogen-bond donors (Lipinski definition) is 1. The summed E-state index contributed by atoms with van der Waals surface area (Å²) >= 11 is 1.59. The summed E-state index contributed by atoms with van der Waals surface area (Å²) in [7, 11) is 0. The van der Waals surface area contributed by atoms with E-state index in [1.807, 2.05) is 12.1 Å². The van der Waals surface area contributed by atoms with Crippen LogP contribution < -0.4 is 5.73 Å². The van der Waals surface area contributed by atoms with Gasteiger partial charge in [0, 0.05) is 16.2 Å². The second-order valence-electron chi connectivity index (χ2n) is 3.68. The minimum Gasteiger partial charge on any atom is -0.327 e. The third-order valence-corrected chi connectivity index (χ3v) is 4.09. The summed E-state index contributed by atoms with van der Waals surface area (Å²) in [4.78, 5) is 0.731. The molecule has 0 saturated heterocycles. The molecule has 0 bridgehead atoms. The summed E-state index contributed by atoms with van der Waals surface area (Å²) in [5.74, 6) is -0.128. The first kappa shape index (κ1) is 9.99. The van der Waals surface area contributed by atoms with Gasteiger partial charge in [0.2, 0.25) is 0 Å². The lowest BCUT2D eigenvalue weighted by Gasteiger charge is -2.14. The third kappa shape index (κ3) is 2.10. The van der Waals surface area contributed by atoms with E-state index in [9.17, 15) is 4.39 Å². The number of benzene rings is 1. The van der Waals surface area contributed by atoms with Crippen molar-refractivity contribution in [2.45, 2.75) is 35.4 Å². The molecule has 0 aromatic heterocycles. The highest BCUT2D eigenvalue weighted by Gasteiger charge is 2.25. The summed E-state index contributed by atoms with van der Waals surface area (Å²) in [5.41, 5.74) is 5.93. The first-order valence-corrected chi connectivity index (χ1v) is 5.82. The van der Waals surface area contributed by atoms with Gasteiger partial charge in [0.25, 0.3) is 0 Å². The monoisotopic (exact) mass is 211 g/mol. The summed E-state index contributed by atoms with van der Waals surface area (Å²) < 4.78 is 13.3. The maximum absolute atomic E-state index is 13.3. The average molecular weight is 211 g/mol. The Labute approximate surface area is 87.9 Å². The molecule has 14 heavy (non-hydrogen) atoms. The number of thioether (sulfide) groups is 1. The smallest absolute Gasteiger partial charge is 0.136 e. The first-order chi connectivity index (χ1) is 6.77.